The topological polar surface area (TPSA) is 42.0 Å². The van der Waals surface area contributed by atoms with Crippen LogP contribution < -0.4 is 4.90 Å². The molecule has 2 fully saturated rings. The van der Waals surface area contributed by atoms with Gasteiger partial charge in [0.2, 0.25) is 0 Å². The Morgan fingerprint density at radius 3 is 2.81 bits per heavy atom. The molecule has 5 nitrogen and oxygen atoms in total. The SMILES string of the molecule is O=C1CO[C@@]2(COCCN(Cc3cccs3)C2)CN1c1ccc(F)cc1. The summed E-state index contributed by atoms with van der Waals surface area (Å²) < 4.78 is 25.0. The van der Waals surface area contributed by atoms with Gasteiger partial charge in [-0.25, -0.2) is 4.39 Å². The number of halogens is 1. The van der Waals surface area contributed by atoms with Gasteiger partial charge in [-0.15, -0.1) is 11.3 Å². The van der Waals surface area contributed by atoms with Gasteiger partial charge in [-0.3, -0.25) is 9.69 Å². The summed E-state index contributed by atoms with van der Waals surface area (Å²) in [5.41, 5.74) is 0.115. The smallest absolute Gasteiger partial charge is 0.253 e. The Hall–Kier alpha value is -1.80. The number of hydrogen-bond acceptors (Lipinski definition) is 5. The molecular weight excluding hydrogens is 355 g/mol. The van der Waals surface area contributed by atoms with Crippen molar-refractivity contribution in [3.63, 3.8) is 0 Å². The van der Waals surface area contributed by atoms with Crippen molar-refractivity contribution >= 4 is 22.9 Å². The summed E-state index contributed by atoms with van der Waals surface area (Å²) in [6.07, 6.45) is 0. The second kappa shape index (κ2) is 7.44. The van der Waals surface area contributed by atoms with Crippen LogP contribution in [0.1, 0.15) is 4.88 Å². The molecule has 1 aromatic carbocycles. The van der Waals surface area contributed by atoms with E-state index in [-0.39, 0.29) is 18.3 Å². The summed E-state index contributed by atoms with van der Waals surface area (Å²) in [4.78, 5) is 17.7. The highest BCUT2D eigenvalue weighted by atomic mass is 32.1. The number of carbonyl (C=O) groups excluding carboxylic acids is 1. The molecule has 7 heteroatoms. The van der Waals surface area contributed by atoms with Crippen LogP contribution in [-0.2, 0) is 20.8 Å². The molecule has 1 spiro atoms. The van der Waals surface area contributed by atoms with Crippen molar-refractivity contribution in [3.05, 3.63) is 52.5 Å². The van der Waals surface area contributed by atoms with Gasteiger partial charge in [-0.1, -0.05) is 6.07 Å². The third-order valence-corrected chi connectivity index (χ3v) is 5.64. The molecule has 3 heterocycles. The van der Waals surface area contributed by atoms with E-state index in [1.807, 2.05) is 0 Å². The number of morpholine rings is 1. The molecule has 0 radical (unpaired) electrons. The second-order valence-electron chi connectivity index (χ2n) is 6.77. The van der Waals surface area contributed by atoms with Crippen LogP contribution in [0.25, 0.3) is 0 Å². The highest BCUT2D eigenvalue weighted by Gasteiger charge is 2.43. The number of rotatable bonds is 3. The zero-order valence-corrected chi connectivity index (χ0v) is 15.2. The largest absolute Gasteiger partial charge is 0.377 e. The summed E-state index contributed by atoms with van der Waals surface area (Å²) in [5.74, 6) is -0.430. The van der Waals surface area contributed by atoms with Crippen LogP contribution in [-0.4, -0.2) is 55.9 Å². The lowest BCUT2D eigenvalue weighted by molar-refractivity contribution is -0.146. The van der Waals surface area contributed by atoms with Crippen molar-refractivity contribution in [2.75, 3.05) is 44.4 Å². The summed E-state index contributed by atoms with van der Waals surface area (Å²) in [6.45, 7) is 3.85. The lowest BCUT2D eigenvalue weighted by Crippen LogP contribution is -2.60. The van der Waals surface area contributed by atoms with Gasteiger partial charge in [-0.2, -0.15) is 0 Å². The molecule has 1 aromatic heterocycles. The van der Waals surface area contributed by atoms with Gasteiger partial charge >= 0.3 is 0 Å². The molecule has 2 aliphatic heterocycles. The minimum atomic E-state index is -0.573. The highest BCUT2D eigenvalue weighted by molar-refractivity contribution is 7.09. The number of amides is 1. The van der Waals surface area contributed by atoms with Gasteiger partial charge in [-0.05, 0) is 35.7 Å². The lowest BCUT2D eigenvalue weighted by atomic mass is 10.0. The summed E-state index contributed by atoms with van der Waals surface area (Å²) in [5, 5.41) is 2.07. The molecule has 0 bridgehead atoms. The van der Waals surface area contributed by atoms with E-state index in [1.165, 1.54) is 17.0 Å². The van der Waals surface area contributed by atoms with Gasteiger partial charge < -0.3 is 14.4 Å². The number of benzene rings is 1. The van der Waals surface area contributed by atoms with Crippen molar-refractivity contribution in [3.8, 4) is 0 Å². The van der Waals surface area contributed by atoms with Crippen LogP contribution in [0.2, 0.25) is 0 Å². The molecule has 138 valence electrons. The van der Waals surface area contributed by atoms with Crippen LogP contribution in [0.3, 0.4) is 0 Å². The number of nitrogens with zero attached hydrogens (tertiary/aromatic N) is 2. The number of hydrogen-bond donors (Lipinski definition) is 0. The average Bonchev–Trinajstić information content (AvgIpc) is 3.07. The zero-order chi connectivity index (χ0) is 18.0. The molecule has 0 unspecified atom stereocenters. The standard InChI is InChI=1S/C19H21FN2O3S/c20-15-3-5-16(6-4-15)22-13-19(25-11-18(22)23)12-21(7-8-24-14-19)10-17-2-1-9-26-17/h1-6,9H,7-8,10-14H2/t19-/m1/s1. The third-order valence-electron chi connectivity index (χ3n) is 4.78. The predicted molar refractivity (Wildman–Crippen MR) is 97.9 cm³/mol. The Morgan fingerprint density at radius 2 is 2.04 bits per heavy atom. The van der Waals surface area contributed by atoms with Crippen molar-refractivity contribution in [1.29, 1.82) is 0 Å². The molecule has 1 amide bonds. The number of carbonyl (C=O) groups is 1. The van der Waals surface area contributed by atoms with Crippen LogP contribution in [0.5, 0.6) is 0 Å². The van der Waals surface area contributed by atoms with Crippen LogP contribution in [0.15, 0.2) is 41.8 Å². The minimum Gasteiger partial charge on any atom is -0.377 e. The fourth-order valence-corrected chi connectivity index (χ4v) is 4.24. The fourth-order valence-electron chi connectivity index (χ4n) is 3.50. The van der Waals surface area contributed by atoms with E-state index in [4.69, 9.17) is 9.47 Å². The first-order valence-corrected chi connectivity index (χ1v) is 9.54. The predicted octanol–water partition coefficient (Wildman–Crippen LogP) is 2.52. The minimum absolute atomic E-state index is 0.00752. The monoisotopic (exact) mass is 376 g/mol. The quantitative estimate of drug-likeness (QED) is 0.826. The first-order valence-electron chi connectivity index (χ1n) is 8.66. The van der Waals surface area contributed by atoms with E-state index in [9.17, 15) is 9.18 Å². The van der Waals surface area contributed by atoms with Gasteiger partial charge in [0.05, 0.1) is 19.8 Å². The maximum absolute atomic E-state index is 13.2. The van der Waals surface area contributed by atoms with Crippen LogP contribution in [0, 0.1) is 5.82 Å². The Labute approximate surface area is 155 Å². The second-order valence-corrected chi connectivity index (χ2v) is 7.80. The first kappa shape index (κ1) is 17.6. The Morgan fingerprint density at radius 1 is 1.19 bits per heavy atom. The number of thiophene rings is 1. The lowest BCUT2D eigenvalue weighted by Gasteiger charge is -2.43. The molecule has 2 aliphatic rings. The fraction of sp³-hybridized carbons (Fsp3) is 0.421. The van der Waals surface area contributed by atoms with Gasteiger partial charge in [0.25, 0.3) is 5.91 Å². The molecule has 0 aliphatic carbocycles. The van der Waals surface area contributed by atoms with E-state index in [1.54, 1.807) is 28.4 Å². The Kier molecular flexibility index (Phi) is 5.04. The molecule has 2 aromatic rings. The van der Waals surface area contributed by atoms with Crippen molar-refractivity contribution in [2.45, 2.75) is 12.1 Å². The Bertz CT molecular complexity index is 753. The molecule has 26 heavy (non-hydrogen) atoms. The first-order chi connectivity index (χ1) is 12.6. The van der Waals surface area contributed by atoms with Crippen LogP contribution in [0.4, 0.5) is 10.1 Å². The third kappa shape index (κ3) is 3.81. The van der Waals surface area contributed by atoms with E-state index < -0.39 is 5.60 Å². The van der Waals surface area contributed by atoms with Crippen molar-refractivity contribution < 1.29 is 18.7 Å². The van der Waals surface area contributed by atoms with Crippen molar-refractivity contribution in [2.24, 2.45) is 0 Å². The normalized spacial score (nSPS) is 24.8. The van der Waals surface area contributed by atoms with E-state index >= 15 is 0 Å². The Balaban J connectivity index is 1.53. The summed E-state index contributed by atoms with van der Waals surface area (Å²) in [7, 11) is 0. The average molecular weight is 376 g/mol. The molecule has 0 saturated carbocycles. The van der Waals surface area contributed by atoms with Gasteiger partial charge in [0.15, 0.2) is 0 Å². The van der Waals surface area contributed by atoms with Gasteiger partial charge in [0.1, 0.15) is 18.0 Å². The summed E-state index contributed by atoms with van der Waals surface area (Å²) >= 11 is 1.73. The highest BCUT2D eigenvalue weighted by Crippen LogP contribution is 2.28. The maximum atomic E-state index is 13.2. The van der Waals surface area contributed by atoms with Gasteiger partial charge in [0, 0.05) is 30.2 Å². The van der Waals surface area contributed by atoms with E-state index in [0.717, 1.165) is 13.1 Å². The van der Waals surface area contributed by atoms with E-state index in [2.05, 4.69) is 22.4 Å². The summed E-state index contributed by atoms with van der Waals surface area (Å²) in [6, 6.07) is 10.2. The van der Waals surface area contributed by atoms with Crippen LogP contribution >= 0.6 is 11.3 Å². The molecule has 0 N–H and O–H groups in total. The molecule has 2 saturated heterocycles. The van der Waals surface area contributed by atoms with E-state index in [0.29, 0.717) is 32.0 Å². The van der Waals surface area contributed by atoms with Crippen molar-refractivity contribution in [1.82, 2.24) is 4.90 Å². The molecular formula is C19H21FN2O3S. The zero-order valence-electron chi connectivity index (χ0n) is 14.4. The number of ether oxygens (including phenoxy) is 2. The maximum Gasteiger partial charge on any atom is 0.253 e. The molecule has 1 atom stereocenters. The molecule has 4 rings (SSSR count). The number of anilines is 1.